The van der Waals surface area contributed by atoms with E-state index in [2.05, 4.69) is 152 Å². The summed E-state index contributed by atoms with van der Waals surface area (Å²) in [6, 6.07) is 54.0. The summed E-state index contributed by atoms with van der Waals surface area (Å²) in [5, 5.41) is 12.2. The van der Waals surface area contributed by atoms with E-state index in [4.69, 9.17) is 15.0 Å². The number of rotatable bonds is 3. The van der Waals surface area contributed by atoms with Crippen molar-refractivity contribution in [3.63, 3.8) is 0 Å². The molecule has 2 aromatic heterocycles. The minimum atomic E-state index is 0.661. The third kappa shape index (κ3) is 4.30. The van der Waals surface area contributed by atoms with Crippen LogP contribution in [0.25, 0.3) is 97.4 Å². The molecule has 4 heteroatoms. The molecule has 2 heterocycles. The maximum Gasteiger partial charge on any atom is 0.164 e. The van der Waals surface area contributed by atoms with Crippen LogP contribution in [-0.4, -0.2) is 15.0 Å². The molecule has 0 aliphatic carbocycles. The van der Waals surface area contributed by atoms with Crippen LogP contribution in [0.1, 0.15) is 0 Å². The van der Waals surface area contributed by atoms with Crippen molar-refractivity contribution < 1.29 is 0 Å². The highest BCUT2D eigenvalue weighted by atomic mass is 32.1. The summed E-state index contributed by atoms with van der Waals surface area (Å²) in [5.74, 6) is 1.99. The first kappa shape index (κ1) is 26.3. The van der Waals surface area contributed by atoms with Crippen molar-refractivity contribution in [3.05, 3.63) is 152 Å². The van der Waals surface area contributed by atoms with Crippen molar-refractivity contribution in [2.75, 3.05) is 0 Å². The first-order valence-corrected chi connectivity index (χ1v) is 16.6. The molecule has 0 amide bonds. The standard InChI is InChI=1S/C43H25N3S/c1-2-9-29-23-30(15-13-26(29)7-1)41-44-42(46-43(45-41)32-19-22-37-36-11-5-6-12-39(36)47-40(37)25-32)31-16-14-28-18-20-34-33-10-4-3-8-27(33)17-21-35(34)38(28)24-31/h1-25H. The fourth-order valence-corrected chi connectivity index (χ4v) is 8.06. The van der Waals surface area contributed by atoms with Crippen LogP contribution in [0.5, 0.6) is 0 Å². The Morgan fingerprint density at radius 3 is 1.57 bits per heavy atom. The van der Waals surface area contributed by atoms with Crippen LogP contribution in [-0.2, 0) is 0 Å². The molecule has 0 spiro atoms. The molecule has 0 saturated heterocycles. The molecular formula is C43H25N3S. The Morgan fingerprint density at radius 1 is 0.298 bits per heavy atom. The fourth-order valence-electron chi connectivity index (χ4n) is 6.91. The number of benzene rings is 8. The van der Waals surface area contributed by atoms with Gasteiger partial charge in [0.2, 0.25) is 0 Å². The van der Waals surface area contributed by atoms with Crippen molar-refractivity contribution in [2.24, 2.45) is 0 Å². The van der Waals surface area contributed by atoms with Crippen LogP contribution < -0.4 is 0 Å². The Hall–Kier alpha value is -5.97. The second-order valence-corrected chi connectivity index (χ2v) is 13.1. The second-order valence-electron chi connectivity index (χ2n) is 12.1. The van der Waals surface area contributed by atoms with Crippen molar-refractivity contribution >= 4 is 74.6 Å². The summed E-state index contributed by atoms with van der Waals surface area (Å²) >= 11 is 1.81. The zero-order valence-electron chi connectivity index (χ0n) is 25.2. The normalized spacial score (nSPS) is 11.8. The summed E-state index contributed by atoms with van der Waals surface area (Å²) < 4.78 is 2.51. The van der Waals surface area contributed by atoms with Crippen LogP contribution in [0.2, 0.25) is 0 Å². The molecule has 0 N–H and O–H groups in total. The molecule has 47 heavy (non-hydrogen) atoms. The molecule has 10 aromatic rings. The van der Waals surface area contributed by atoms with E-state index in [0.717, 1.165) is 22.1 Å². The van der Waals surface area contributed by atoms with E-state index >= 15 is 0 Å². The molecule has 0 fully saturated rings. The van der Waals surface area contributed by atoms with E-state index in [1.807, 2.05) is 0 Å². The fraction of sp³-hybridized carbons (Fsp3) is 0. The van der Waals surface area contributed by atoms with E-state index in [1.54, 1.807) is 11.3 Å². The summed E-state index contributed by atoms with van der Waals surface area (Å²) in [5.41, 5.74) is 2.91. The van der Waals surface area contributed by atoms with Gasteiger partial charge in [0.15, 0.2) is 17.5 Å². The monoisotopic (exact) mass is 615 g/mol. The van der Waals surface area contributed by atoms with Gasteiger partial charge in [0.05, 0.1) is 0 Å². The summed E-state index contributed by atoms with van der Waals surface area (Å²) in [6.07, 6.45) is 0. The van der Waals surface area contributed by atoms with Gasteiger partial charge in [0, 0.05) is 36.9 Å². The summed E-state index contributed by atoms with van der Waals surface area (Å²) in [4.78, 5) is 15.4. The van der Waals surface area contributed by atoms with Gasteiger partial charge in [-0.2, -0.15) is 0 Å². The van der Waals surface area contributed by atoms with Gasteiger partial charge in [0.25, 0.3) is 0 Å². The molecule has 0 aliphatic rings. The third-order valence-corrected chi connectivity index (χ3v) is 10.4. The van der Waals surface area contributed by atoms with E-state index < -0.39 is 0 Å². The first-order chi connectivity index (χ1) is 23.2. The number of aromatic nitrogens is 3. The Labute approximate surface area is 274 Å². The van der Waals surface area contributed by atoms with Crippen LogP contribution in [0.15, 0.2) is 152 Å². The molecule has 0 atom stereocenters. The van der Waals surface area contributed by atoms with Crippen LogP contribution in [0.4, 0.5) is 0 Å². The highest BCUT2D eigenvalue weighted by Crippen LogP contribution is 2.37. The number of thiophene rings is 1. The summed E-state index contributed by atoms with van der Waals surface area (Å²) in [6.45, 7) is 0. The van der Waals surface area contributed by atoms with Crippen LogP contribution >= 0.6 is 11.3 Å². The zero-order chi connectivity index (χ0) is 30.9. The highest BCUT2D eigenvalue weighted by molar-refractivity contribution is 7.25. The number of hydrogen-bond donors (Lipinski definition) is 0. The van der Waals surface area contributed by atoms with Crippen molar-refractivity contribution in [3.8, 4) is 34.2 Å². The zero-order valence-corrected chi connectivity index (χ0v) is 26.0. The topological polar surface area (TPSA) is 38.7 Å². The maximum absolute atomic E-state index is 5.14. The van der Waals surface area contributed by atoms with Gasteiger partial charge in [0.1, 0.15) is 0 Å². The van der Waals surface area contributed by atoms with Crippen molar-refractivity contribution in [2.45, 2.75) is 0 Å². The molecular weight excluding hydrogens is 591 g/mol. The minimum absolute atomic E-state index is 0.661. The lowest BCUT2D eigenvalue weighted by Gasteiger charge is -2.11. The average Bonchev–Trinajstić information content (AvgIpc) is 3.52. The minimum Gasteiger partial charge on any atom is -0.208 e. The average molecular weight is 616 g/mol. The Kier molecular flexibility index (Phi) is 5.74. The molecule has 0 aliphatic heterocycles. The quantitative estimate of drug-likeness (QED) is 0.186. The van der Waals surface area contributed by atoms with Gasteiger partial charge in [-0.05, 0) is 67.4 Å². The Bertz CT molecular complexity index is 2870. The van der Waals surface area contributed by atoms with Crippen LogP contribution in [0.3, 0.4) is 0 Å². The molecule has 8 aromatic carbocycles. The lowest BCUT2D eigenvalue weighted by molar-refractivity contribution is 1.08. The predicted octanol–water partition coefficient (Wildman–Crippen LogP) is 11.9. The smallest absolute Gasteiger partial charge is 0.164 e. The largest absolute Gasteiger partial charge is 0.208 e. The highest BCUT2D eigenvalue weighted by Gasteiger charge is 2.15. The molecule has 10 rings (SSSR count). The molecule has 218 valence electrons. The van der Waals surface area contributed by atoms with Gasteiger partial charge in [-0.15, -0.1) is 11.3 Å². The molecule has 0 bridgehead atoms. The molecule has 0 saturated carbocycles. The second kappa shape index (κ2) is 10.3. The molecule has 0 unspecified atom stereocenters. The van der Waals surface area contributed by atoms with Gasteiger partial charge >= 0.3 is 0 Å². The van der Waals surface area contributed by atoms with E-state index in [-0.39, 0.29) is 0 Å². The number of hydrogen-bond acceptors (Lipinski definition) is 4. The van der Waals surface area contributed by atoms with Gasteiger partial charge in [-0.3, -0.25) is 0 Å². The van der Waals surface area contributed by atoms with Gasteiger partial charge in [-0.1, -0.05) is 127 Å². The van der Waals surface area contributed by atoms with E-state index in [9.17, 15) is 0 Å². The van der Waals surface area contributed by atoms with Gasteiger partial charge in [-0.25, -0.2) is 15.0 Å². The lowest BCUT2D eigenvalue weighted by Crippen LogP contribution is -2.00. The first-order valence-electron chi connectivity index (χ1n) is 15.8. The van der Waals surface area contributed by atoms with E-state index in [0.29, 0.717) is 17.5 Å². The number of nitrogens with zero attached hydrogens (tertiary/aromatic N) is 3. The van der Waals surface area contributed by atoms with Crippen molar-refractivity contribution in [1.82, 2.24) is 15.0 Å². The third-order valence-electron chi connectivity index (χ3n) is 9.28. The molecule has 0 radical (unpaired) electrons. The summed E-state index contributed by atoms with van der Waals surface area (Å²) in [7, 11) is 0. The Morgan fingerprint density at radius 2 is 0.787 bits per heavy atom. The van der Waals surface area contributed by atoms with Gasteiger partial charge < -0.3 is 0 Å². The predicted molar refractivity (Wildman–Crippen MR) is 199 cm³/mol. The van der Waals surface area contributed by atoms with Crippen molar-refractivity contribution in [1.29, 1.82) is 0 Å². The van der Waals surface area contributed by atoms with E-state index in [1.165, 1.54) is 57.9 Å². The number of fused-ring (bicyclic) bond motifs is 9. The van der Waals surface area contributed by atoms with Crippen LogP contribution in [0, 0.1) is 0 Å². The molecule has 3 nitrogen and oxygen atoms in total. The maximum atomic E-state index is 5.14. The Balaban J connectivity index is 1.20. The lowest BCUT2D eigenvalue weighted by atomic mass is 9.96. The SMILES string of the molecule is c1ccc2cc(-c3nc(-c4ccc5c(c4)sc4ccccc45)nc(-c4ccc5ccc6c7ccccc7ccc6c5c4)n3)ccc2c1.